The summed E-state index contributed by atoms with van der Waals surface area (Å²) in [4.78, 5) is 8.53. The first-order chi connectivity index (χ1) is 12.6. The van der Waals surface area contributed by atoms with Crippen LogP contribution in [0.2, 0.25) is 0 Å². The zero-order valence-corrected chi connectivity index (χ0v) is 15.2. The van der Waals surface area contributed by atoms with Crippen molar-refractivity contribution in [1.29, 1.82) is 0 Å². The Morgan fingerprint density at radius 3 is 2.42 bits per heavy atom. The summed E-state index contributed by atoms with van der Waals surface area (Å²) in [7, 11) is 0. The van der Waals surface area contributed by atoms with Crippen LogP contribution in [0.15, 0.2) is 48.8 Å². The maximum absolute atomic E-state index is 6.28. The third kappa shape index (κ3) is 3.85. The third-order valence-corrected chi connectivity index (χ3v) is 4.09. The van der Waals surface area contributed by atoms with Gasteiger partial charge in [0.05, 0.1) is 12.3 Å². The second-order valence-electron chi connectivity index (χ2n) is 5.96. The van der Waals surface area contributed by atoms with Gasteiger partial charge in [-0.2, -0.15) is 0 Å². The Labute approximate surface area is 153 Å². The summed E-state index contributed by atoms with van der Waals surface area (Å²) in [6, 6.07) is 13.8. The van der Waals surface area contributed by atoms with Crippen LogP contribution in [0, 0.1) is 13.8 Å². The van der Waals surface area contributed by atoms with Crippen LogP contribution in [0.5, 0.6) is 5.75 Å². The van der Waals surface area contributed by atoms with E-state index in [0.29, 0.717) is 23.9 Å². The number of anilines is 5. The molecule has 0 aliphatic heterocycles. The van der Waals surface area contributed by atoms with Crippen molar-refractivity contribution >= 4 is 28.7 Å². The first-order valence-electron chi connectivity index (χ1n) is 8.52. The van der Waals surface area contributed by atoms with Gasteiger partial charge in [0.1, 0.15) is 17.8 Å². The number of hydrogen-bond donors (Lipinski definition) is 3. The van der Waals surface area contributed by atoms with Crippen molar-refractivity contribution in [3.05, 3.63) is 59.9 Å². The molecule has 0 unspecified atom stereocenters. The van der Waals surface area contributed by atoms with Crippen LogP contribution in [0.25, 0.3) is 0 Å². The summed E-state index contributed by atoms with van der Waals surface area (Å²) in [5.74, 6) is 1.83. The van der Waals surface area contributed by atoms with Gasteiger partial charge in [0, 0.05) is 5.69 Å². The molecule has 0 aliphatic rings. The number of nitrogens with two attached hydrogens (primary N) is 1. The van der Waals surface area contributed by atoms with Crippen molar-refractivity contribution in [2.75, 3.05) is 23.0 Å². The smallest absolute Gasteiger partial charge is 0.159 e. The van der Waals surface area contributed by atoms with Gasteiger partial charge in [-0.05, 0) is 56.2 Å². The average molecular weight is 349 g/mol. The molecule has 2 aromatic carbocycles. The van der Waals surface area contributed by atoms with E-state index in [1.807, 2.05) is 37.3 Å². The van der Waals surface area contributed by atoms with E-state index in [1.165, 1.54) is 17.5 Å². The SMILES string of the molecule is CCOc1ccccc1Nc1ncnc(Nc2ccc(C)c(C)c2)c1N. The number of benzene rings is 2. The predicted octanol–water partition coefficient (Wildman–Crippen LogP) is 4.56. The molecule has 0 atom stereocenters. The Morgan fingerprint density at radius 1 is 0.962 bits per heavy atom. The second-order valence-corrected chi connectivity index (χ2v) is 5.96. The fourth-order valence-electron chi connectivity index (χ4n) is 2.53. The molecule has 1 heterocycles. The van der Waals surface area contributed by atoms with Crippen LogP contribution in [0.3, 0.4) is 0 Å². The van der Waals surface area contributed by atoms with E-state index < -0.39 is 0 Å². The molecule has 0 radical (unpaired) electrons. The Morgan fingerprint density at radius 2 is 1.69 bits per heavy atom. The number of aromatic nitrogens is 2. The Hall–Kier alpha value is -3.28. The number of ether oxygens (including phenoxy) is 1. The highest BCUT2D eigenvalue weighted by atomic mass is 16.5. The highest BCUT2D eigenvalue weighted by molar-refractivity contribution is 5.81. The molecule has 0 saturated heterocycles. The lowest BCUT2D eigenvalue weighted by molar-refractivity contribution is 0.342. The van der Waals surface area contributed by atoms with Gasteiger partial charge in [-0.25, -0.2) is 9.97 Å². The molecule has 3 rings (SSSR count). The van der Waals surface area contributed by atoms with Crippen molar-refractivity contribution < 1.29 is 4.74 Å². The molecule has 0 bridgehead atoms. The lowest BCUT2D eigenvalue weighted by Gasteiger charge is -2.15. The maximum atomic E-state index is 6.28. The first-order valence-corrected chi connectivity index (χ1v) is 8.52. The molecular formula is C20H23N5O. The van der Waals surface area contributed by atoms with Crippen LogP contribution in [-0.4, -0.2) is 16.6 Å². The van der Waals surface area contributed by atoms with E-state index in [-0.39, 0.29) is 0 Å². The van der Waals surface area contributed by atoms with Crippen molar-refractivity contribution in [3.63, 3.8) is 0 Å². The Bertz CT molecular complexity index is 910. The van der Waals surface area contributed by atoms with E-state index in [1.54, 1.807) is 0 Å². The fourth-order valence-corrected chi connectivity index (χ4v) is 2.53. The summed E-state index contributed by atoms with van der Waals surface area (Å²) < 4.78 is 5.64. The van der Waals surface area contributed by atoms with Gasteiger partial charge in [-0.1, -0.05) is 18.2 Å². The van der Waals surface area contributed by atoms with Gasteiger partial charge in [-0.3, -0.25) is 0 Å². The zero-order chi connectivity index (χ0) is 18.5. The van der Waals surface area contributed by atoms with Crippen LogP contribution >= 0.6 is 0 Å². The molecule has 0 aliphatic carbocycles. The molecule has 6 nitrogen and oxygen atoms in total. The van der Waals surface area contributed by atoms with Gasteiger partial charge in [0.2, 0.25) is 0 Å². The highest BCUT2D eigenvalue weighted by Crippen LogP contribution is 2.32. The van der Waals surface area contributed by atoms with Crippen LogP contribution < -0.4 is 21.1 Å². The molecule has 4 N–H and O–H groups in total. The summed E-state index contributed by atoms with van der Waals surface area (Å²) in [5, 5.41) is 6.49. The summed E-state index contributed by atoms with van der Waals surface area (Å²) in [6.07, 6.45) is 1.48. The van der Waals surface area contributed by atoms with Gasteiger partial charge in [0.25, 0.3) is 0 Å². The first kappa shape index (κ1) is 17.5. The quantitative estimate of drug-likeness (QED) is 0.605. The number of aryl methyl sites for hydroxylation is 2. The van der Waals surface area contributed by atoms with Crippen molar-refractivity contribution in [2.45, 2.75) is 20.8 Å². The monoisotopic (exact) mass is 349 g/mol. The minimum atomic E-state index is 0.442. The lowest BCUT2D eigenvalue weighted by atomic mass is 10.1. The third-order valence-electron chi connectivity index (χ3n) is 4.09. The molecule has 3 aromatic rings. The minimum Gasteiger partial charge on any atom is -0.492 e. The van der Waals surface area contributed by atoms with Crippen LogP contribution in [-0.2, 0) is 0 Å². The van der Waals surface area contributed by atoms with Crippen molar-refractivity contribution in [2.24, 2.45) is 0 Å². The van der Waals surface area contributed by atoms with Crippen molar-refractivity contribution in [1.82, 2.24) is 9.97 Å². The number of rotatable bonds is 6. The second kappa shape index (κ2) is 7.74. The van der Waals surface area contributed by atoms with E-state index in [9.17, 15) is 0 Å². The molecule has 1 aromatic heterocycles. The van der Waals surface area contributed by atoms with Crippen LogP contribution in [0.4, 0.5) is 28.7 Å². The van der Waals surface area contributed by atoms with Gasteiger partial charge >= 0.3 is 0 Å². The molecule has 6 heteroatoms. The Kier molecular flexibility index (Phi) is 5.22. The Balaban J connectivity index is 1.86. The lowest BCUT2D eigenvalue weighted by Crippen LogP contribution is -2.06. The molecule has 0 saturated carbocycles. The molecule has 134 valence electrons. The largest absolute Gasteiger partial charge is 0.492 e. The number of para-hydroxylation sites is 2. The number of nitrogen functional groups attached to an aromatic ring is 1. The normalized spacial score (nSPS) is 10.4. The number of hydrogen-bond acceptors (Lipinski definition) is 6. The van der Waals surface area contributed by atoms with Gasteiger partial charge in [0.15, 0.2) is 11.6 Å². The van der Waals surface area contributed by atoms with Gasteiger partial charge < -0.3 is 21.1 Å². The zero-order valence-electron chi connectivity index (χ0n) is 15.2. The van der Waals surface area contributed by atoms with Crippen LogP contribution in [0.1, 0.15) is 18.1 Å². The molecule has 0 spiro atoms. The topological polar surface area (TPSA) is 85.1 Å². The van der Waals surface area contributed by atoms with Gasteiger partial charge in [-0.15, -0.1) is 0 Å². The highest BCUT2D eigenvalue weighted by Gasteiger charge is 2.11. The summed E-state index contributed by atoms with van der Waals surface area (Å²) in [6.45, 7) is 6.68. The average Bonchev–Trinajstić information content (AvgIpc) is 2.63. The minimum absolute atomic E-state index is 0.442. The molecular weight excluding hydrogens is 326 g/mol. The number of nitrogens with zero attached hydrogens (tertiary/aromatic N) is 2. The van der Waals surface area contributed by atoms with E-state index >= 15 is 0 Å². The van der Waals surface area contributed by atoms with Crippen molar-refractivity contribution in [3.8, 4) is 5.75 Å². The molecule has 0 fully saturated rings. The molecule has 0 amide bonds. The summed E-state index contributed by atoms with van der Waals surface area (Å²) in [5.41, 5.74) is 10.9. The van der Waals surface area contributed by atoms with E-state index in [0.717, 1.165) is 17.1 Å². The standard InChI is InChI=1S/C20H23N5O/c1-4-26-17-8-6-5-7-16(17)25-20-18(21)19(22-12-23-20)24-15-10-9-13(2)14(3)11-15/h5-12H,4,21H2,1-3H3,(H2,22,23,24,25). The fraction of sp³-hybridized carbons (Fsp3) is 0.200. The maximum Gasteiger partial charge on any atom is 0.159 e. The number of nitrogens with one attached hydrogen (secondary N) is 2. The predicted molar refractivity (Wildman–Crippen MR) is 107 cm³/mol. The van der Waals surface area contributed by atoms with E-state index in [4.69, 9.17) is 10.5 Å². The van der Waals surface area contributed by atoms with E-state index in [2.05, 4.69) is 46.6 Å². The summed E-state index contributed by atoms with van der Waals surface area (Å²) >= 11 is 0. The molecule has 26 heavy (non-hydrogen) atoms.